The highest BCUT2D eigenvalue weighted by Gasteiger charge is 2.05. The summed E-state index contributed by atoms with van der Waals surface area (Å²) >= 11 is 0. The highest BCUT2D eigenvalue weighted by molar-refractivity contribution is 5.25. The molecule has 0 saturated heterocycles. The fourth-order valence-electron chi connectivity index (χ4n) is 1.30. The lowest BCUT2D eigenvalue weighted by Gasteiger charge is -2.10. The van der Waals surface area contributed by atoms with Crippen LogP contribution in [-0.4, -0.2) is 24.6 Å². The summed E-state index contributed by atoms with van der Waals surface area (Å²) < 4.78 is 10.5. The minimum atomic E-state index is -0.806. The highest BCUT2D eigenvalue weighted by atomic mass is 16.7. The summed E-state index contributed by atoms with van der Waals surface area (Å²) in [6.45, 7) is 4.81. The first kappa shape index (κ1) is 13.7. The molecule has 0 aliphatic heterocycles. The van der Waals surface area contributed by atoms with Crippen molar-refractivity contribution in [2.24, 2.45) is 0 Å². The number of ether oxygens (including phenoxy) is 2. The smallest absolute Gasteiger partial charge is 0.222 e. The summed E-state index contributed by atoms with van der Waals surface area (Å²) in [7, 11) is 0. The van der Waals surface area contributed by atoms with Crippen LogP contribution in [0.4, 0.5) is 0 Å². The molecule has 0 aromatic heterocycles. The van der Waals surface area contributed by atoms with Crippen molar-refractivity contribution in [1.82, 2.24) is 0 Å². The van der Waals surface area contributed by atoms with Crippen LogP contribution in [0.15, 0.2) is 30.3 Å². The number of rotatable bonds is 5. The molecule has 1 aromatic carbocycles. The third-order valence-corrected chi connectivity index (χ3v) is 2.09. The molecule has 0 radical (unpaired) electrons. The predicted octanol–water partition coefficient (Wildman–Crippen LogP) is 2.12. The molecule has 1 rings (SSSR count). The van der Waals surface area contributed by atoms with E-state index in [0.717, 1.165) is 5.56 Å². The minimum absolute atomic E-state index is 0.529. The van der Waals surface area contributed by atoms with Gasteiger partial charge in [0.2, 0.25) is 6.29 Å². The molecule has 0 aliphatic rings. The van der Waals surface area contributed by atoms with E-state index < -0.39 is 12.4 Å². The molecule has 0 amide bonds. The molecular formula is C14H18O3. The van der Waals surface area contributed by atoms with Crippen molar-refractivity contribution in [3.63, 3.8) is 0 Å². The first-order valence-corrected chi connectivity index (χ1v) is 5.75. The van der Waals surface area contributed by atoms with Gasteiger partial charge in [-0.05, 0) is 25.3 Å². The van der Waals surface area contributed by atoms with E-state index in [1.807, 2.05) is 44.2 Å². The summed E-state index contributed by atoms with van der Waals surface area (Å²) in [6, 6.07) is 9.28. The number of benzene rings is 1. The van der Waals surface area contributed by atoms with Gasteiger partial charge in [-0.2, -0.15) is 0 Å². The zero-order chi connectivity index (χ0) is 12.5. The topological polar surface area (TPSA) is 38.7 Å². The quantitative estimate of drug-likeness (QED) is 0.626. The molecule has 0 saturated carbocycles. The van der Waals surface area contributed by atoms with Crippen molar-refractivity contribution in [2.75, 3.05) is 13.2 Å². The normalized spacial score (nSPS) is 12.0. The Kier molecular flexibility index (Phi) is 6.34. The Morgan fingerprint density at radius 3 is 2.18 bits per heavy atom. The molecule has 0 heterocycles. The Bertz CT molecular complexity index is 358. The number of aliphatic hydroxyl groups excluding tert-OH is 1. The Hall–Kier alpha value is -1.34. The second kappa shape index (κ2) is 7.86. The standard InChI is InChI=1S/C14H18O3/c1-3-16-14(17-4-2)11-10-13(15)12-8-6-5-7-9-12/h5-9,13-15H,3-4H2,1-2H3/t13-/m1/s1. The van der Waals surface area contributed by atoms with E-state index in [2.05, 4.69) is 11.8 Å². The van der Waals surface area contributed by atoms with Crippen molar-refractivity contribution in [3.05, 3.63) is 35.9 Å². The van der Waals surface area contributed by atoms with E-state index in [0.29, 0.717) is 13.2 Å². The van der Waals surface area contributed by atoms with Crippen molar-refractivity contribution in [2.45, 2.75) is 26.2 Å². The summed E-state index contributed by atoms with van der Waals surface area (Å²) in [4.78, 5) is 0. The Morgan fingerprint density at radius 1 is 1.06 bits per heavy atom. The van der Waals surface area contributed by atoms with Crippen molar-refractivity contribution < 1.29 is 14.6 Å². The average molecular weight is 234 g/mol. The van der Waals surface area contributed by atoms with E-state index in [4.69, 9.17) is 9.47 Å². The molecule has 0 bridgehead atoms. The van der Waals surface area contributed by atoms with Gasteiger partial charge in [0, 0.05) is 13.2 Å². The molecular weight excluding hydrogens is 216 g/mol. The van der Waals surface area contributed by atoms with E-state index >= 15 is 0 Å². The van der Waals surface area contributed by atoms with Gasteiger partial charge in [-0.3, -0.25) is 0 Å². The van der Waals surface area contributed by atoms with Crippen LogP contribution in [0.1, 0.15) is 25.5 Å². The summed E-state index contributed by atoms with van der Waals surface area (Å²) in [5.74, 6) is 5.50. The lowest BCUT2D eigenvalue weighted by molar-refractivity contribution is -0.0971. The second-order valence-electron chi connectivity index (χ2n) is 3.34. The number of hydrogen-bond acceptors (Lipinski definition) is 3. The molecule has 0 unspecified atom stereocenters. The van der Waals surface area contributed by atoms with Gasteiger partial charge in [0.15, 0.2) is 0 Å². The van der Waals surface area contributed by atoms with E-state index in [9.17, 15) is 5.11 Å². The van der Waals surface area contributed by atoms with Crippen LogP contribution in [0.2, 0.25) is 0 Å². The lowest BCUT2D eigenvalue weighted by atomic mass is 10.1. The van der Waals surface area contributed by atoms with Crippen molar-refractivity contribution >= 4 is 0 Å². The number of hydrogen-bond donors (Lipinski definition) is 1. The maximum absolute atomic E-state index is 9.82. The summed E-state index contributed by atoms with van der Waals surface area (Å²) in [6.07, 6.45) is -1.37. The van der Waals surface area contributed by atoms with Crippen LogP contribution in [0.25, 0.3) is 0 Å². The average Bonchev–Trinajstić information content (AvgIpc) is 2.37. The fraction of sp³-hybridized carbons (Fsp3) is 0.429. The van der Waals surface area contributed by atoms with Crippen LogP contribution in [-0.2, 0) is 9.47 Å². The van der Waals surface area contributed by atoms with E-state index in [1.165, 1.54) is 0 Å². The molecule has 0 spiro atoms. The molecule has 3 heteroatoms. The largest absolute Gasteiger partial charge is 0.376 e. The monoisotopic (exact) mass is 234 g/mol. The first-order chi connectivity index (χ1) is 8.27. The SMILES string of the molecule is CCOC(C#C[C@@H](O)c1ccccc1)OCC. The third-order valence-electron chi connectivity index (χ3n) is 2.09. The molecule has 1 N–H and O–H groups in total. The fourth-order valence-corrected chi connectivity index (χ4v) is 1.30. The summed E-state index contributed by atoms with van der Waals surface area (Å²) in [5.41, 5.74) is 0.770. The van der Waals surface area contributed by atoms with Crippen molar-refractivity contribution in [1.29, 1.82) is 0 Å². The van der Waals surface area contributed by atoms with E-state index in [1.54, 1.807) is 0 Å². The minimum Gasteiger partial charge on any atom is -0.376 e. The molecule has 1 aromatic rings. The summed E-state index contributed by atoms with van der Waals surface area (Å²) in [5, 5.41) is 9.82. The van der Waals surface area contributed by atoms with Crippen LogP contribution >= 0.6 is 0 Å². The third kappa shape index (κ3) is 5.01. The van der Waals surface area contributed by atoms with Gasteiger partial charge in [0.05, 0.1) is 0 Å². The van der Waals surface area contributed by atoms with Crippen LogP contribution in [0.5, 0.6) is 0 Å². The highest BCUT2D eigenvalue weighted by Crippen LogP contribution is 2.10. The maximum Gasteiger partial charge on any atom is 0.222 e. The molecule has 3 nitrogen and oxygen atoms in total. The van der Waals surface area contributed by atoms with Gasteiger partial charge >= 0.3 is 0 Å². The number of aliphatic hydroxyl groups is 1. The van der Waals surface area contributed by atoms with Gasteiger partial charge < -0.3 is 14.6 Å². The molecule has 17 heavy (non-hydrogen) atoms. The zero-order valence-electron chi connectivity index (χ0n) is 10.2. The Morgan fingerprint density at radius 2 is 1.65 bits per heavy atom. The lowest BCUT2D eigenvalue weighted by Crippen LogP contribution is -2.15. The molecule has 0 fully saturated rings. The molecule has 1 atom stereocenters. The van der Waals surface area contributed by atoms with Gasteiger partial charge in [0.1, 0.15) is 6.10 Å². The Labute approximate surface area is 102 Å². The van der Waals surface area contributed by atoms with E-state index in [-0.39, 0.29) is 0 Å². The Balaban J connectivity index is 2.63. The van der Waals surface area contributed by atoms with Gasteiger partial charge in [-0.1, -0.05) is 36.3 Å². The van der Waals surface area contributed by atoms with Gasteiger partial charge in [-0.25, -0.2) is 0 Å². The van der Waals surface area contributed by atoms with Gasteiger partial charge in [-0.15, -0.1) is 0 Å². The molecule has 0 aliphatic carbocycles. The maximum atomic E-state index is 9.82. The van der Waals surface area contributed by atoms with Crippen LogP contribution in [0.3, 0.4) is 0 Å². The van der Waals surface area contributed by atoms with Crippen molar-refractivity contribution in [3.8, 4) is 11.8 Å². The van der Waals surface area contributed by atoms with Crippen LogP contribution < -0.4 is 0 Å². The molecule has 92 valence electrons. The first-order valence-electron chi connectivity index (χ1n) is 5.75. The predicted molar refractivity (Wildman–Crippen MR) is 66.2 cm³/mol. The van der Waals surface area contributed by atoms with Crippen LogP contribution in [0, 0.1) is 11.8 Å². The second-order valence-corrected chi connectivity index (χ2v) is 3.34. The zero-order valence-corrected chi connectivity index (χ0v) is 10.2. The van der Waals surface area contributed by atoms with Gasteiger partial charge in [0.25, 0.3) is 0 Å².